The summed E-state index contributed by atoms with van der Waals surface area (Å²) in [4.78, 5) is 29.6. The minimum Gasteiger partial charge on any atom is -0.383 e. The number of aromatic nitrogens is 3. The lowest BCUT2D eigenvalue weighted by atomic mass is 10.0. The Kier molecular flexibility index (Phi) is 7.64. The van der Waals surface area contributed by atoms with Gasteiger partial charge in [0.1, 0.15) is 5.82 Å². The number of nitrogens with zero attached hydrogens (tertiary/aromatic N) is 5. The number of piperazine rings is 1. The lowest BCUT2D eigenvalue weighted by molar-refractivity contribution is -0.138. The van der Waals surface area contributed by atoms with Gasteiger partial charge in [-0.3, -0.25) is 19.7 Å². The Morgan fingerprint density at radius 3 is 2.62 bits per heavy atom. The van der Waals surface area contributed by atoms with Crippen molar-refractivity contribution in [3.8, 4) is 11.8 Å². The van der Waals surface area contributed by atoms with E-state index in [9.17, 15) is 18.0 Å². The van der Waals surface area contributed by atoms with Gasteiger partial charge in [-0.2, -0.15) is 13.2 Å². The standard InChI is InChI=1S/C29H26F3N7O/c1-38-9-11-39(12-10-38)18-21-6-7-23(14-25(21)29(30,31)32)37-28(40)22-13-19(15-34-16-22)4-5-20-17-36-27(33)24-3-2-8-35-26(20)24/h2-3,6-8,13-17H,9-12,18H2,1H3,(H2,33,36)(H,37,40). The number of carbonyl (C=O) groups is 1. The topological polar surface area (TPSA) is 100 Å². The zero-order valence-electron chi connectivity index (χ0n) is 21.7. The molecule has 0 radical (unpaired) electrons. The van der Waals surface area contributed by atoms with Crippen molar-refractivity contribution < 1.29 is 18.0 Å². The molecule has 0 atom stereocenters. The van der Waals surface area contributed by atoms with Crippen molar-refractivity contribution in [3.05, 3.63) is 89.0 Å². The first-order valence-electron chi connectivity index (χ1n) is 12.6. The highest BCUT2D eigenvalue weighted by molar-refractivity contribution is 6.04. The lowest BCUT2D eigenvalue weighted by Crippen LogP contribution is -2.44. The second-order valence-corrected chi connectivity index (χ2v) is 9.57. The van der Waals surface area contributed by atoms with Gasteiger partial charge < -0.3 is 16.0 Å². The number of halogens is 3. The van der Waals surface area contributed by atoms with E-state index in [0.29, 0.717) is 40.9 Å². The molecule has 3 N–H and O–H groups in total. The van der Waals surface area contributed by atoms with E-state index in [2.05, 4.69) is 37.0 Å². The molecule has 0 bridgehead atoms. The molecule has 40 heavy (non-hydrogen) atoms. The van der Waals surface area contributed by atoms with Crippen LogP contribution in [-0.2, 0) is 12.7 Å². The molecule has 1 aliphatic heterocycles. The largest absolute Gasteiger partial charge is 0.416 e. The van der Waals surface area contributed by atoms with Crippen LogP contribution < -0.4 is 11.1 Å². The number of rotatable bonds is 4. The average molecular weight is 546 g/mol. The number of amides is 1. The van der Waals surface area contributed by atoms with Crippen LogP contribution in [0.3, 0.4) is 0 Å². The van der Waals surface area contributed by atoms with Crippen LogP contribution in [0.15, 0.2) is 61.2 Å². The summed E-state index contributed by atoms with van der Waals surface area (Å²) in [5, 5.41) is 3.23. The lowest BCUT2D eigenvalue weighted by Gasteiger charge is -2.33. The first-order valence-corrected chi connectivity index (χ1v) is 12.6. The van der Waals surface area contributed by atoms with Gasteiger partial charge in [0.05, 0.1) is 22.2 Å². The van der Waals surface area contributed by atoms with E-state index < -0.39 is 17.6 Å². The number of hydrogen-bond donors (Lipinski definition) is 2. The molecule has 0 saturated carbocycles. The summed E-state index contributed by atoms with van der Waals surface area (Å²) < 4.78 is 41.8. The Bertz CT molecular complexity index is 1620. The maximum atomic E-state index is 13.9. The van der Waals surface area contributed by atoms with Gasteiger partial charge in [0.25, 0.3) is 5.91 Å². The van der Waals surface area contributed by atoms with Crippen LogP contribution >= 0.6 is 0 Å². The zero-order chi connectivity index (χ0) is 28.3. The van der Waals surface area contributed by atoms with Gasteiger partial charge in [0, 0.05) is 74.1 Å². The highest BCUT2D eigenvalue weighted by atomic mass is 19.4. The molecule has 0 aliphatic carbocycles. The van der Waals surface area contributed by atoms with E-state index in [4.69, 9.17) is 5.73 Å². The van der Waals surface area contributed by atoms with Gasteiger partial charge in [0.2, 0.25) is 0 Å². The number of carbonyl (C=O) groups excluding carboxylic acids is 1. The molecule has 0 unspecified atom stereocenters. The van der Waals surface area contributed by atoms with E-state index >= 15 is 0 Å². The van der Waals surface area contributed by atoms with Crippen molar-refractivity contribution in [1.29, 1.82) is 0 Å². The quantitative estimate of drug-likeness (QED) is 0.374. The third-order valence-electron chi connectivity index (χ3n) is 6.68. The summed E-state index contributed by atoms with van der Waals surface area (Å²) in [7, 11) is 1.99. The number of nitrogens with one attached hydrogen (secondary N) is 1. The van der Waals surface area contributed by atoms with Gasteiger partial charge in [-0.25, -0.2) is 4.98 Å². The Morgan fingerprint density at radius 1 is 1.05 bits per heavy atom. The number of fused-ring (bicyclic) bond motifs is 1. The number of nitrogens with two attached hydrogens (primary N) is 1. The van der Waals surface area contributed by atoms with Gasteiger partial charge in [-0.05, 0) is 42.9 Å². The summed E-state index contributed by atoms with van der Waals surface area (Å²) in [6.45, 7) is 3.19. The number of hydrogen-bond acceptors (Lipinski definition) is 7. The third-order valence-corrected chi connectivity index (χ3v) is 6.68. The molecule has 1 fully saturated rings. The van der Waals surface area contributed by atoms with Crippen molar-refractivity contribution in [1.82, 2.24) is 24.8 Å². The molecule has 204 valence electrons. The minimum atomic E-state index is -4.56. The minimum absolute atomic E-state index is 0.0430. The highest BCUT2D eigenvalue weighted by Gasteiger charge is 2.34. The summed E-state index contributed by atoms with van der Waals surface area (Å²) >= 11 is 0. The normalized spacial score (nSPS) is 14.5. The molecule has 8 nitrogen and oxygen atoms in total. The van der Waals surface area contributed by atoms with E-state index in [0.717, 1.165) is 19.2 Å². The average Bonchev–Trinajstić information content (AvgIpc) is 2.94. The number of nitrogen functional groups attached to an aromatic ring is 1. The van der Waals surface area contributed by atoms with Crippen LogP contribution in [0.4, 0.5) is 24.7 Å². The Hall–Kier alpha value is -4.53. The molecule has 1 saturated heterocycles. The molecular weight excluding hydrogens is 519 g/mol. The van der Waals surface area contributed by atoms with Crippen LogP contribution in [0.2, 0.25) is 0 Å². The van der Waals surface area contributed by atoms with Crippen LogP contribution in [0.25, 0.3) is 10.9 Å². The summed E-state index contributed by atoms with van der Waals surface area (Å²) in [6, 6.07) is 8.96. The first-order chi connectivity index (χ1) is 19.2. The van der Waals surface area contributed by atoms with Crippen LogP contribution in [0.1, 0.15) is 32.6 Å². The van der Waals surface area contributed by atoms with Gasteiger partial charge in [0.15, 0.2) is 0 Å². The van der Waals surface area contributed by atoms with Crippen LogP contribution in [0.5, 0.6) is 0 Å². The molecule has 4 heterocycles. The van der Waals surface area contributed by atoms with E-state index in [1.54, 1.807) is 18.3 Å². The van der Waals surface area contributed by atoms with E-state index in [1.807, 2.05) is 11.9 Å². The molecule has 11 heteroatoms. The Balaban J connectivity index is 1.34. The fourth-order valence-electron chi connectivity index (χ4n) is 4.46. The summed E-state index contributed by atoms with van der Waals surface area (Å²) in [5.74, 6) is 5.66. The monoisotopic (exact) mass is 545 g/mol. The first kappa shape index (κ1) is 27.1. The number of benzene rings is 1. The fourth-order valence-corrected chi connectivity index (χ4v) is 4.46. The zero-order valence-corrected chi connectivity index (χ0v) is 21.7. The molecule has 1 aliphatic rings. The third kappa shape index (κ3) is 6.20. The second-order valence-electron chi connectivity index (χ2n) is 9.57. The number of alkyl halides is 3. The molecule has 1 aromatic carbocycles. The molecule has 4 aromatic rings. The number of pyridine rings is 3. The van der Waals surface area contributed by atoms with Gasteiger partial charge >= 0.3 is 6.18 Å². The fraction of sp³-hybridized carbons (Fsp3) is 0.241. The van der Waals surface area contributed by atoms with Crippen molar-refractivity contribution >= 4 is 28.3 Å². The van der Waals surface area contributed by atoms with E-state index in [-0.39, 0.29) is 23.4 Å². The van der Waals surface area contributed by atoms with Crippen LogP contribution in [-0.4, -0.2) is 63.9 Å². The predicted molar refractivity (Wildman–Crippen MR) is 146 cm³/mol. The van der Waals surface area contributed by atoms with Gasteiger partial charge in [-0.1, -0.05) is 17.9 Å². The second kappa shape index (κ2) is 11.3. The molecule has 1 amide bonds. The van der Waals surface area contributed by atoms with E-state index in [1.165, 1.54) is 36.8 Å². The summed E-state index contributed by atoms with van der Waals surface area (Å²) in [6.07, 6.45) is 1.40. The SMILES string of the molecule is CN1CCN(Cc2ccc(NC(=O)c3cncc(C#Cc4cnc(N)c5cccnc45)c3)cc2C(F)(F)F)CC1. The van der Waals surface area contributed by atoms with Crippen LogP contribution in [0, 0.1) is 11.8 Å². The van der Waals surface area contributed by atoms with Crippen molar-refractivity contribution in [2.75, 3.05) is 44.3 Å². The number of likely N-dealkylation sites (N-methyl/N-ethyl adjacent to an activating group) is 1. The van der Waals surface area contributed by atoms with Gasteiger partial charge in [-0.15, -0.1) is 0 Å². The Morgan fingerprint density at radius 2 is 1.85 bits per heavy atom. The predicted octanol–water partition coefficient (Wildman–Crippen LogP) is 4.03. The van der Waals surface area contributed by atoms with Crippen molar-refractivity contribution in [2.45, 2.75) is 12.7 Å². The maximum Gasteiger partial charge on any atom is 0.416 e. The van der Waals surface area contributed by atoms with Crippen molar-refractivity contribution in [2.24, 2.45) is 0 Å². The molecule has 5 rings (SSSR count). The molecule has 3 aromatic heterocycles. The molecular formula is C29H26F3N7O. The highest BCUT2D eigenvalue weighted by Crippen LogP contribution is 2.34. The Labute approximate surface area is 229 Å². The molecule has 0 spiro atoms. The number of anilines is 2. The smallest absolute Gasteiger partial charge is 0.383 e. The van der Waals surface area contributed by atoms with Crippen molar-refractivity contribution in [3.63, 3.8) is 0 Å². The maximum absolute atomic E-state index is 13.9. The summed E-state index contributed by atoms with van der Waals surface area (Å²) in [5.41, 5.74) is 7.11.